The number of phenolic OH excluding ortho intramolecular Hbond substituents is 1. The van der Waals surface area contributed by atoms with E-state index >= 15 is 0 Å². The van der Waals surface area contributed by atoms with Crippen molar-refractivity contribution in [3.63, 3.8) is 0 Å². The van der Waals surface area contributed by atoms with E-state index in [0.29, 0.717) is 5.75 Å². The number of unbranched alkanes of at least 4 members (excludes halogenated alkanes) is 3. The highest BCUT2D eigenvalue weighted by atomic mass is 16.3. The molecule has 1 N–H and O–H groups in total. The van der Waals surface area contributed by atoms with E-state index in [0.717, 1.165) is 17.5 Å². The fourth-order valence-electron chi connectivity index (χ4n) is 2.33. The van der Waals surface area contributed by atoms with Gasteiger partial charge in [-0.15, -0.1) is 0 Å². The van der Waals surface area contributed by atoms with Gasteiger partial charge in [-0.3, -0.25) is 0 Å². The normalized spacial score (nSPS) is 11.8. The van der Waals surface area contributed by atoms with Crippen molar-refractivity contribution >= 4 is 0 Å². The lowest BCUT2D eigenvalue weighted by Crippen LogP contribution is -2.12. The Bertz CT molecular complexity index is 385. The first-order chi connectivity index (χ1) is 8.36. The van der Waals surface area contributed by atoms with Crippen LogP contribution in [0.5, 0.6) is 5.75 Å². The Morgan fingerprint density at radius 3 is 2.28 bits per heavy atom. The van der Waals surface area contributed by atoms with E-state index in [4.69, 9.17) is 0 Å². The van der Waals surface area contributed by atoms with E-state index in [1.165, 1.54) is 31.2 Å². The van der Waals surface area contributed by atoms with Gasteiger partial charge in [0, 0.05) is 0 Å². The lowest BCUT2D eigenvalue weighted by Gasteiger charge is -2.22. The smallest absolute Gasteiger partial charge is 0.122 e. The van der Waals surface area contributed by atoms with Crippen molar-refractivity contribution < 1.29 is 5.11 Å². The zero-order valence-electron chi connectivity index (χ0n) is 12.6. The largest absolute Gasteiger partial charge is 0.507 e. The van der Waals surface area contributed by atoms with E-state index in [1.807, 2.05) is 6.92 Å². The quantitative estimate of drug-likeness (QED) is 0.717. The molecule has 0 heterocycles. The first kappa shape index (κ1) is 15.1. The van der Waals surface area contributed by atoms with Crippen LogP contribution in [0.25, 0.3) is 0 Å². The molecule has 0 aliphatic rings. The minimum absolute atomic E-state index is 0.00821. The zero-order valence-corrected chi connectivity index (χ0v) is 12.6. The van der Waals surface area contributed by atoms with Crippen molar-refractivity contribution in [2.45, 2.75) is 72.1 Å². The second kappa shape index (κ2) is 6.26. The molecule has 1 heteroatoms. The molecule has 102 valence electrons. The molecule has 0 aliphatic heterocycles. The molecule has 0 radical (unpaired) electrons. The van der Waals surface area contributed by atoms with Gasteiger partial charge < -0.3 is 5.11 Å². The van der Waals surface area contributed by atoms with Crippen LogP contribution in [0.3, 0.4) is 0 Å². The molecule has 0 saturated carbocycles. The Morgan fingerprint density at radius 2 is 1.72 bits per heavy atom. The lowest BCUT2D eigenvalue weighted by atomic mass is 9.83. The van der Waals surface area contributed by atoms with Gasteiger partial charge >= 0.3 is 0 Å². The molecule has 18 heavy (non-hydrogen) atoms. The van der Waals surface area contributed by atoms with Crippen molar-refractivity contribution in [3.05, 3.63) is 28.8 Å². The minimum Gasteiger partial charge on any atom is -0.507 e. The SMILES string of the molecule is CCCCCCc1cc(C)c(O)c(C(C)(C)C)c1. The van der Waals surface area contributed by atoms with E-state index in [-0.39, 0.29) is 5.41 Å². The number of aryl methyl sites for hydroxylation is 2. The number of phenols is 1. The van der Waals surface area contributed by atoms with Gasteiger partial charge in [0.15, 0.2) is 0 Å². The highest BCUT2D eigenvalue weighted by Crippen LogP contribution is 2.34. The maximum absolute atomic E-state index is 10.2. The van der Waals surface area contributed by atoms with Gasteiger partial charge in [0.05, 0.1) is 0 Å². The van der Waals surface area contributed by atoms with Gasteiger partial charge in [-0.05, 0) is 41.9 Å². The van der Waals surface area contributed by atoms with Crippen LogP contribution in [-0.4, -0.2) is 5.11 Å². The summed E-state index contributed by atoms with van der Waals surface area (Å²) in [6.07, 6.45) is 6.29. The number of aromatic hydroxyl groups is 1. The molecule has 0 spiro atoms. The molecule has 0 atom stereocenters. The molecule has 0 aliphatic carbocycles. The van der Waals surface area contributed by atoms with Gasteiger partial charge in [0.1, 0.15) is 5.75 Å². The summed E-state index contributed by atoms with van der Waals surface area (Å²) < 4.78 is 0. The van der Waals surface area contributed by atoms with Crippen LogP contribution < -0.4 is 0 Å². The van der Waals surface area contributed by atoms with E-state index in [9.17, 15) is 5.11 Å². The minimum atomic E-state index is 0.00821. The average molecular weight is 248 g/mol. The zero-order chi connectivity index (χ0) is 13.8. The summed E-state index contributed by atoms with van der Waals surface area (Å²) in [6, 6.07) is 4.32. The van der Waals surface area contributed by atoms with Crippen LogP contribution in [0.2, 0.25) is 0 Å². The molecule has 0 fully saturated rings. The summed E-state index contributed by atoms with van der Waals surface area (Å²) in [7, 11) is 0. The van der Waals surface area contributed by atoms with Gasteiger partial charge in [-0.2, -0.15) is 0 Å². The highest BCUT2D eigenvalue weighted by molar-refractivity contribution is 5.46. The molecule has 1 nitrogen and oxygen atoms in total. The number of hydrogen-bond donors (Lipinski definition) is 1. The highest BCUT2D eigenvalue weighted by Gasteiger charge is 2.19. The Kier molecular flexibility index (Phi) is 5.25. The fourth-order valence-corrected chi connectivity index (χ4v) is 2.33. The summed E-state index contributed by atoms with van der Waals surface area (Å²) in [4.78, 5) is 0. The predicted octanol–water partition coefficient (Wildman–Crippen LogP) is 5.12. The summed E-state index contributed by atoms with van der Waals surface area (Å²) in [5, 5.41) is 10.2. The standard InChI is InChI=1S/C17H28O/c1-6-7-8-9-10-14-11-13(2)16(18)15(12-14)17(3,4)5/h11-12,18H,6-10H2,1-5H3. The lowest BCUT2D eigenvalue weighted by molar-refractivity contribution is 0.442. The molecule has 0 aromatic heterocycles. The number of hydrogen-bond acceptors (Lipinski definition) is 1. The van der Waals surface area contributed by atoms with E-state index in [2.05, 4.69) is 39.8 Å². The summed E-state index contributed by atoms with van der Waals surface area (Å²) in [5.74, 6) is 0.472. The fraction of sp³-hybridized carbons (Fsp3) is 0.647. The van der Waals surface area contributed by atoms with E-state index in [1.54, 1.807) is 0 Å². The first-order valence-corrected chi connectivity index (χ1v) is 7.19. The third-order valence-electron chi connectivity index (χ3n) is 3.49. The molecule has 0 amide bonds. The second-order valence-electron chi connectivity index (χ2n) is 6.37. The van der Waals surface area contributed by atoms with Crippen molar-refractivity contribution in [1.29, 1.82) is 0 Å². The Balaban J connectivity index is 2.85. The Morgan fingerprint density at radius 1 is 1.06 bits per heavy atom. The average Bonchev–Trinajstić information content (AvgIpc) is 2.27. The molecule has 1 aromatic carbocycles. The molecule has 1 aromatic rings. The topological polar surface area (TPSA) is 20.2 Å². The van der Waals surface area contributed by atoms with Crippen molar-refractivity contribution in [1.82, 2.24) is 0 Å². The maximum Gasteiger partial charge on any atom is 0.122 e. The monoisotopic (exact) mass is 248 g/mol. The second-order valence-corrected chi connectivity index (χ2v) is 6.37. The van der Waals surface area contributed by atoms with Crippen molar-refractivity contribution in [3.8, 4) is 5.75 Å². The van der Waals surface area contributed by atoms with Crippen LogP contribution in [0, 0.1) is 6.92 Å². The summed E-state index contributed by atoms with van der Waals surface area (Å²) >= 11 is 0. The number of benzene rings is 1. The van der Waals surface area contributed by atoms with Crippen LogP contribution in [-0.2, 0) is 11.8 Å². The number of rotatable bonds is 5. The van der Waals surface area contributed by atoms with Crippen molar-refractivity contribution in [2.75, 3.05) is 0 Å². The van der Waals surface area contributed by atoms with Crippen LogP contribution in [0.1, 0.15) is 70.1 Å². The van der Waals surface area contributed by atoms with Crippen LogP contribution >= 0.6 is 0 Å². The van der Waals surface area contributed by atoms with Gasteiger partial charge in [0.25, 0.3) is 0 Å². The van der Waals surface area contributed by atoms with Crippen molar-refractivity contribution in [2.24, 2.45) is 0 Å². The maximum atomic E-state index is 10.2. The third kappa shape index (κ3) is 4.04. The molecule has 0 saturated heterocycles. The van der Waals surface area contributed by atoms with Gasteiger partial charge in [0.2, 0.25) is 0 Å². The Hall–Kier alpha value is -0.980. The Labute approximate surface area is 112 Å². The summed E-state index contributed by atoms with van der Waals surface area (Å²) in [5.41, 5.74) is 3.46. The molecule has 0 bridgehead atoms. The van der Waals surface area contributed by atoms with Crippen LogP contribution in [0.4, 0.5) is 0 Å². The van der Waals surface area contributed by atoms with Gasteiger partial charge in [-0.25, -0.2) is 0 Å². The molecule has 1 rings (SSSR count). The van der Waals surface area contributed by atoms with Gasteiger partial charge in [-0.1, -0.05) is 59.1 Å². The predicted molar refractivity (Wildman–Crippen MR) is 79.4 cm³/mol. The molecular formula is C17H28O. The molecule has 0 unspecified atom stereocenters. The first-order valence-electron chi connectivity index (χ1n) is 7.19. The third-order valence-corrected chi connectivity index (χ3v) is 3.49. The molecular weight excluding hydrogens is 220 g/mol. The van der Waals surface area contributed by atoms with E-state index < -0.39 is 0 Å². The van der Waals surface area contributed by atoms with Crippen LogP contribution in [0.15, 0.2) is 12.1 Å². The summed E-state index contributed by atoms with van der Waals surface area (Å²) in [6.45, 7) is 10.7.